The fourth-order valence-electron chi connectivity index (χ4n) is 5.38. The molecule has 5 rings (SSSR count). The fourth-order valence-corrected chi connectivity index (χ4v) is 5.38. The van der Waals surface area contributed by atoms with Crippen molar-refractivity contribution in [2.24, 2.45) is 0 Å². The van der Waals surface area contributed by atoms with Crippen molar-refractivity contribution in [3.05, 3.63) is 83.5 Å². The van der Waals surface area contributed by atoms with Gasteiger partial charge in [0.15, 0.2) is 0 Å². The van der Waals surface area contributed by atoms with Gasteiger partial charge in [-0.05, 0) is 63.5 Å². The predicted octanol–water partition coefficient (Wildman–Crippen LogP) is 8.06. The first kappa shape index (κ1) is 19.7. The molecule has 2 aromatic heterocycles. The topological polar surface area (TPSA) is 9.86 Å². The van der Waals surface area contributed by atoms with Crippen molar-refractivity contribution in [1.82, 2.24) is 9.13 Å². The molecule has 2 heterocycles. The highest BCUT2D eigenvalue weighted by Gasteiger charge is 2.22. The predicted molar refractivity (Wildman–Crippen MR) is 136 cm³/mol. The minimum atomic E-state index is 0.878. The Balaban J connectivity index is 2.06. The van der Waals surface area contributed by atoms with E-state index in [2.05, 4.69) is 111 Å². The van der Waals surface area contributed by atoms with Crippen molar-refractivity contribution in [2.75, 3.05) is 0 Å². The first-order valence-electron chi connectivity index (χ1n) is 11.3. The molecular weight excluding hydrogens is 376 g/mol. The Kier molecular flexibility index (Phi) is 4.74. The normalized spacial score (nSPS) is 13.0. The highest BCUT2D eigenvalue weighted by molar-refractivity contribution is 6.29. The van der Waals surface area contributed by atoms with Crippen LogP contribution in [0.2, 0.25) is 0 Å². The van der Waals surface area contributed by atoms with Gasteiger partial charge in [-0.25, -0.2) is 0 Å². The molecule has 0 aliphatic carbocycles. The van der Waals surface area contributed by atoms with E-state index in [1.165, 1.54) is 60.3 Å². The van der Waals surface area contributed by atoms with Crippen LogP contribution in [0.15, 0.2) is 72.3 Å². The highest BCUT2D eigenvalue weighted by Crippen LogP contribution is 2.43. The molecule has 0 amide bonds. The van der Waals surface area contributed by atoms with E-state index < -0.39 is 0 Å². The van der Waals surface area contributed by atoms with Crippen LogP contribution in [-0.2, 0) is 13.1 Å². The van der Waals surface area contributed by atoms with E-state index in [0.29, 0.717) is 0 Å². The number of hydrogen-bond donors (Lipinski definition) is 0. The number of para-hydroxylation sites is 2. The summed E-state index contributed by atoms with van der Waals surface area (Å²) in [5.74, 6) is 0. The van der Waals surface area contributed by atoms with Crippen LogP contribution in [0.1, 0.15) is 31.9 Å². The lowest BCUT2D eigenvalue weighted by Gasteiger charge is -2.14. The molecule has 0 aliphatic rings. The van der Waals surface area contributed by atoms with E-state index >= 15 is 0 Å². The molecule has 0 N–H and O–H groups in total. The SMILES string of the molecule is C/C=C\C(=C/C)Cn1c2ccccc2c2c3c4ccccc4n(CC)c3c(C)c(C)c21. The first-order valence-corrected chi connectivity index (χ1v) is 11.3. The summed E-state index contributed by atoms with van der Waals surface area (Å²) in [4.78, 5) is 0. The molecule has 2 heteroatoms. The lowest BCUT2D eigenvalue weighted by atomic mass is 9.98. The number of allylic oxidation sites excluding steroid dienone is 4. The first-order chi connectivity index (χ1) is 15.1. The molecule has 5 aromatic rings. The van der Waals surface area contributed by atoms with Gasteiger partial charge in [0.1, 0.15) is 0 Å². The lowest BCUT2D eigenvalue weighted by molar-refractivity contribution is 0.824. The van der Waals surface area contributed by atoms with Gasteiger partial charge in [-0.1, -0.05) is 54.6 Å². The summed E-state index contributed by atoms with van der Waals surface area (Å²) in [5.41, 5.74) is 9.49. The molecule has 0 unspecified atom stereocenters. The minimum absolute atomic E-state index is 0.878. The van der Waals surface area contributed by atoms with Crippen LogP contribution in [0.25, 0.3) is 43.6 Å². The second kappa shape index (κ2) is 7.46. The minimum Gasteiger partial charge on any atom is -0.341 e. The van der Waals surface area contributed by atoms with Gasteiger partial charge in [0.25, 0.3) is 0 Å². The van der Waals surface area contributed by atoms with E-state index in [1.807, 2.05) is 0 Å². The molecule has 0 saturated heterocycles. The summed E-state index contributed by atoms with van der Waals surface area (Å²) in [7, 11) is 0. The van der Waals surface area contributed by atoms with Gasteiger partial charge in [-0.2, -0.15) is 0 Å². The van der Waals surface area contributed by atoms with E-state index in [4.69, 9.17) is 0 Å². The summed E-state index contributed by atoms with van der Waals surface area (Å²) in [6.07, 6.45) is 6.59. The van der Waals surface area contributed by atoms with Gasteiger partial charge in [-0.15, -0.1) is 0 Å². The van der Waals surface area contributed by atoms with Crippen molar-refractivity contribution in [2.45, 2.75) is 47.7 Å². The molecule has 2 nitrogen and oxygen atoms in total. The maximum atomic E-state index is 2.53. The van der Waals surface area contributed by atoms with Crippen LogP contribution >= 0.6 is 0 Å². The molecule has 3 aromatic carbocycles. The molecular formula is C29H30N2. The monoisotopic (exact) mass is 406 g/mol. The lowest BCUT2D eigenvalue weighted by Crippen LogP contribution is -2.02. The number of benzene rings is 3. The van der Waals surface area contributed by atoms with Crippen molar-refractivity contribution in [3.63, 3.8) is 0 Å². The summed E-state index contributed by atoms with van der Waals surface area (Å²) in [5, 5.41) is 5.50. The average Bonchev–Trinajstić information content (AvgIpc) is 3.30. The molecule has 0 spiro atoms. The third-order valence-electron chi connectivity index (χ3n) is 6.87. The zero-order valence-electron chi connectivity index (χ0n) is 19.2. The number of aromatic nitrogens is 2. The number of nitrogens with zero attached hydrogens (tertiary/aromatic N) is 2. The highest BCUT2D eigenvalue weighted by atomic mass is 15.0. The smallest absolute Gasteiger partial charge is 0.0534 e. The van der Waals surface area contributed by atoms with Crippen LogP contribution in [0, 0.1) is 13.8 Å². The molecule has 0 saturated carbocycles. The van der Waals surface area contributed by atoms with E-state index in [9.17, 15) is 0 Å². The zero-order chi connectivity index (χ0) is 21.7. The Morgan fingerprint density at radius 1 is 0.774 bits per heavy atom. The Labute approximate surface area is 184 Å². The van der Waals surface area contributed by atoms with Crippen LogP contribution in [-0.4, -0.2) is 9.13 Å². The third-order valence-corrected chi connectivity index (χ3v) is 6.87. The number of aryl methyl sites for hydroxylation is 3. The summed E-state index contributed by atoms with van der Waals surface area (Å²) >= 11 is 0. The van der Waals surface area contributed by atoms with Crippen LogP contribution < -0.4 is 0 Å². The van der Waals surface area contributed by atoms with Gasteiger partial charge < -0.3 is 9.13 Å². The average molecular weight is 407 g/mol. The van der Waals surface area contributed by atoms with Gasteiger partial charge in [0, 0.05) is 45.7 Å². The van der Waals surface area contributed by atoms with Crippen molar-refractivity contribution in [1.29, 1.82) is 0 Å². The van der Waals surface area contributed by atoms with Gasteiger partial charge >= 0.3 is 0 Å². The van der Waals surface area contributed by atoms with E-state index in [1.54, 1.807) is 0 Å². The molecule has 0 bridgehead atoms. The van der Waals surface area contributed by atoms with Gasteiger partial charge in [0.05, 0.1) is 11.0 Å². The van der Waals surface area contributed by atoms with Crippen molar-refractivity contribution < 1.29 is 0 Å². The summed E-state index contributed by atoms with van der Waals surface area (Å²) in [6.45, 7) is 12.9. The Morgan fingerprint density at radius 2 is 1.29 bits per heavy atom. The Bertz CT molecular complexity index is 1520. The zero-order valence-corrected chi connectivity index (χ0v) is 19.2. The second-order valence-electron chi connectivity index (χ2n) is 8.43. The maximum absolute atomic E-state index is 2.53. The molecule has 156 valence electrons. The van der Waals surface area contributed by atoms with Crippen molar-refractivity contribution >= 4 is 43.6 Å². The molecule has 0 aliphatic heterocycles. The quantitative estimate of drug-likeness (QED) is 0.267. The molecule has 31 heavy (non-hydrogen) atoms. The summed E-state index contributed by atoms with van der Waals surface area (Å²) in [6, 6.07) is 17.8. The molecule has 0 radical (unpaired) electrons. The summed E-state index contributed by atoms with van der Waals surface area (Å²) < 4.78 is 5.02. The fraction of sp³-hybridized carbons (Fsp3) is 0.241. The number of fused-ring (bicyclic) bond motifs is 7. The largest absolute Gasteiger partial charge is 0.341 e. The molecule has 0 atom stereocenters. The Morgan fingerprint density at radius 3 is 1.81 bits per heavy atom. The van der Waals surface area contributed by atoms with Crippen LogP contribution in [0.4, 0.5) is 0 Å². The molecule has 0 fully saturated rings. The van der Waals surface area contributed by atoms with E-state index in [-0.39, 0.29) is 0 Å². The Hall–Kier alpha value is -3.26. The van der Waals surface area contributed by atoms with Gasteiger partial charge in [-0.3, -0.25) is 0 Å². The van der Waals surface area contributed by atoms with Crippen LogP contribution in [0.5, 0.6) is 0 Å². The van der Waals surface area contributed by atoms with Gasteiger partial charge in [0.2, 0.25) is 0 Å². The second-order valence-corrected chi connectivity index (χ2v) is 8.43. The maximum Gasteiger partial charge on any atom is 0.0534 e. The number of hydrogen-bond acceptors (Lipinski definition) is 0. The number of rotatable bonds is 4. The van der Waals surface area contributed by atoms with E-state index in [0.717, 1.165) is 13.1 Å². The standard InChI is InChI=1S/C29H30N2/c1-6-13-21(7-2)18-31-25-17-12-10-15-23(25)27-26-22-14-9-11-16-24(22)30(8-3)28(26)19(4)20(5)29(27)31/h6-7,9-17H,8,18H2,1-5H3/b13-6-,21-7+. The third kappa shape index (κ3) is 2.71. The van der Waals surface area contributed by atoms with Crippen LogP contribution in [0.3, 0.4) is 0 Å². The van der Waals surface area contributed by atoms with Crippen molar-refractivity contribution in [3.8, 4) is 0 Å².